The molecule has 0 aromatic heterocycles. The van der Waals surface area contributed by atoms with Crippen molar-refractivity contribution in [1.82, 2.24) is 0 Å². The summed E-state index contributed by atoms with van der Waals surface area (Å²) in [4.78, 5) is 12.2. The molecule has 0 amide bonds. The molecule has 0 bridgehead atoms. The highest BCUT2D eigenvalue weighted by Gasteiger charge is 2.62. The van der Waals surface area contributed by atoms with Crippen LogP contribution in [0.2, 0.25) is 0 Å². The van der Waals surface area contributed by atoms with Gasteiger partial charge in [0.05, 0.1) is 18.6 Å². The van der Waals surface area contributed by atoms with Crippen molar-refractivity contribution in [1.29, 1.82) is 0 Å². The molecule has 0 aromatic carbocycles. The molecule has 4 aliphatic rings. The predicted octanol–water partition coefficient (Wildman–Crippen LogP) is -0.625. The Labute approximate surface area is 175 Å². The highest BCUT2D eigenvalue weighted by Crippen LogP contribution is 2.57. The molecule has 0 spiro atoms. The molecule has 170 valence electrons. The number of hydrogen-bond donors (Lipinski definition) is 5. The highest BCUT2D eigenvalue weighted by molar-refractivity contribution is 5.77. The Bertz CT molecular complexity index is 736. The van der Waals surface area contributed by atoms with Crippen LogP contribution in [0, 0.1) is 11.3 Å². The summed E-state index contributed by atoms with van der Waals surface area (Å²) in [7, 11) is 0. The molecule has 1 saturated carbocycles. The number of aliphatic hydroxyl groups is 5. The summed E-state index contributed by atoms with van der Waals surface area (Å²) in [5, 5.41) is 50.9. The van der Waals surface area contributed by atoms with Crippen molar-refractivity contribution in [2.45, 2.75) is 95.0 Å². The quantitative estimate of drug-likeness (QED) is 0.293. The Morgan fingerprint density at radius 2 is 1.83 bits per heavy atom. The van der Waals surface area contributed by atoms with Crippen molar-refractivity contribution in [3.05, 3.63) is 11.1 Å². The Balaban J connectivity index is 1.62. The van der Waals surface area contributed by atoms with E-state index in [0.29, 0.717) is 12.8 Å². The molecule has 2 saturated heterocycles. The third kappa shape index (κ3) is 3.14. The molecule has 0 radical (unpaired) electrons. The van der Waals surface area contributed by atoms with Crippen LogP contribution in [0.25, 0.3) is 0 Å². The summed E-state index contributed by atoms with van der Waals surface area (Å²) in [5.41, 5.74) is 0.180. The minimum Gasteiger partial charge on any atom is -0.454 e. The molecule has 9 heteroatoms. The average Bonchev–Trinajstić information content (AvgIpc) is 2.94. The number of aliphatic hydroxyl groups excluding tert-OH is 4. The van der Waals surface area contributed by atoms with E-state index in [2.05, 4.69) is 6.92 Å². The smallest absolute Gasteiger partial charge is 0.312 e. The lowest BCUT2D eigenvalue weighted by molar-refractivity contribution is -0.309. The van der Waals surface area contributed by atoms with Gasteiger partial charge in [0.25, 0.3) is 0 Å². The summed E-state index contributed by atoms with van der Waals surface area (Å²) in [6.07, 6.45) is -5.41. The van der Waals surface area contributed by atoms with Crippen LogP contribution in [-0.4, -0.2) is 86.6 Å². The summed E-state index contributed by atoms with van der Waals surface area (Å²) >= 11 is 0. The van der Waals surface area contributed by atoms with E-state index in [0.717, 1.165) is 24.0 Å². The summed E-state index contributed by atoms with van der Waals surface area (Å²) in [6, 6.07) is 0. The summed E-state index contributed by atoms with van der Waals surface area (Å²) in [5.74, 6) is -1.02. The number of fused-ring (bicyclic) bond motifs is 3. The Morgan fingerprint density at radius 3 is 2.50 bits per heavy atom. The number of rotatable bonds is 3. The number of carbonyl (C=O) groups is 1. The van der Waals surface area contributed by atoms with Crippen LogP contribution in [0.3, 0.4) is 0 Å². The maximum absolute atomic E-state index is 12.2. The number of carbonyl (C=O) groups excluding carboxylic acids is 1. The first-order chi connectivity index (χ1) is 14.0. The number of hydrogen-bond acceptors (Lipinski definition) is 9. The molecule has 0 aromatic rings. The second kappa shape index (κ2) is 7.51. The van der Waals surface area contributed by atoms with Crippen LogP contribution >= 0.6 is 0 Å². The number of ether oxygens (including phenoxy) is 3. The second-order valence-corrected chi connectivity index (χ2v) is 9.55. The van der Waals surface area contributed by atoms with Crippen LogP contribution in [0.4, 0.5) is 0 Å². The van der Waals surface area contributed by atoms with Gasteiger partial charge in [0.15, 0.2) is 12.4 Å². The van der Waals surface area contributed by atoms with E-state index in [1.165, 1.54) is 0 Å². The van der Waals surface area contributed by atoms with Gasteiger partial charge in [-0.2, -0.15) is 0 Å². The molecule has 10 atom stereocenters. The molecule has 0 unspecified atom stereocenters. The van der Waals surface area contributed by atoms with E-state index in [1.807, 2.05) is 6.92 Å². The normalized spacial score (nSPS) is 51.4. The molecule has 30 heavy (non-hydrogen) atoms. The second-order valence-electron chi connectivity index (χ2n) is 9.55. The van der Waals surface area contributed by atoms with Crippen LogP contribution in [0.5, 0.6) is 0 Å². The SMILES string of the molecule is CC1=C2[C@@H]3OC(=O)[C@H](C)[C@]3(O)CC[C@@]2(C)CC[C@H]1O[C@H]1O[C@@H](CO)[C@H](O)[C@@H](O)[C@@H]1O. The van der Waals surface area contributed by atoms with Crippen molar-refractivity contribution >= 4 is 5.97 Å². The van der Waals surface area contributed by atoms with E-state index in [4.69, 9.17) is 14.2 Å². The fraction of sp³-hybridized carbons (Fsp3) is 0.857. The Kier molecular flexibility index (Phi) is 5.54. The van der Waals surface area contributed by atoms with Crippen LogP contribution in [0.1, 0.15) is 46.5 Å². The standard InChI is InChI=1S/C21H32O9/c1-9-11(28-19-16(25)15(24)14(23)12(8-22)29-19)4-5-20(3)6-7-21(27)10(2)18(26)30-17(21)13(9)20/h10-12,14-17,19,22-25,27H,4-8H2,1-3H3/t10-,11+,12-,14-,15+,16-,17-,19-,20+,21+/m0/s1. The molecule has 5 N–H and O–H groups in total. The summed E-state index contributed by atoms with van der Waals surface area (Å²) in [6.45, 7) is 5.12. The Hall–Kier alpha value is -1.07. The summed E-state index contributed by atoms with van der Waals surface area (Å²) < 4.78 is 17.1. The van der Waals surface area contributed by atoms with Gasteiger partial charge in [-0.1, -0.05) is 6.92 Å². The van der Waals surface area contributed by atoms with E-state index < -0.39 is 67.0 Å². The van der Waals surface area contributed by atoms with Crippen molar-refractivity contribution in [3.63, 3.8) is 0 Å². The molecule has 2 aliphatic carbocycles. The zero-order valence-corrected chi connectivity index (χ0v) is 17.5. The molecule has 2 aliphatic heterocycles. The topological polar surface area (TPSA) is 146 Å². The van der Waals surface area contributed by atoms with Gasteiger partial charge in [0.1, 0.15) is 30.0 Å². The van der Waals surface area contributed by atoms with Gasteiger partial charge in [0, 0.05) is 0 Å². The van der Waals surface area contributed by atoms with Gasteiger partial charge in [-0.05, 0) is 56.1 Å². The first kappa shape index (κ1) is 22.1. The van der Waals surface area contributed by atoms with Gasteiger partial charge in [-0.3, -0.25) is 4.79 Å². The monoisotopic (exact) mass is 428 g/mol. The zero-order valence-electron chi connectivity index (χ0n) is 17.5. The molecule has 4 rings (SSSR count). The minimum absolute atomic E-state index is 0.236. The first-order valence-electron chi connectivity index (χ1n) is 10.6. The molecular formula is C21H32O9. The molecule has 2 heterocycles. The molecular weight excluding hydrogens is 396 g/mol. The van der Waals surface area contributed by atoms with Crippen molar-refractivity contribution in [2.75, 3.05) is 6.61 Å². The van der Waals surface area contributed by atoms with Crippen molar-refractivity contribution in [2.24, 2.45) is 11.3 Å². The van der Waals surface area contributed by atoms with Crippen LogP contribution in [0.15, 0.2) is 11.1 Å². The first-order valence-corrected chi connectivity index (χ1v) is 10.6. The number of esters is 1. The fourth-order valence-corrected chi connectivity index (χ4v) is 5.63. The minimum atomic E-state index is -1.51. The lowest BCUT2D eigenvalue weighted by Gasteiger charge is -2.51. The van der Waals surface area contributed by atoms with E-state index in [-0.39, 0.29) is 5.41 Å². The van der Waals surface area contributed by atoms with Crippen LogP contribution < -0.4 is 0 Å². The fourth-order valence-electron chi connectivity index (χ4n) is 5.63. The third-order valence-corrected chi connectivity index (χ3v) is 7.79. The van der Waals surface area contributed by atoms with Crippen molar-refractivity contribution in [3.8, 4) is 0 Å². The maximum Gasteiger partial charge on any atom is 0.312 e. The largest absolute Gasteiger partial charge is 0.454 e. The molecule has 9 nitrogen and oxygen atoms in total. The van der Waals surface area contributed by atoms with E-state index >= 15 is 0 Å². The maximum atomic E-state index is 12.2. The molecule has 3 fully saturated rings. The van der Waals surface area contributed by atoms with E-state index in [9.17, 15) is 30.3 Å². The van der Waals surface area contributed by atoms with Gasteiger partial charge in [0.2, 0.25) is 0 Å². The third-order valence-electron chi connectivity index (χ3n) is 7.79. The van der Waals surface area contributed by atoms with Gasteiger partial charge in [-0.15, -0.1) is 0 Å². The zero-order chi connectivity index (χ0) is 22.0. The van der Waals surface area contributed by atoms with E-state index in [1.54, 1.807) is 6.92 Å². The van der Waals surface area contributed by atoms with Gasteiger partial charge >= 0.3 is 5.97 Å². The van der Waals surface area contributed by atoms with Crippen LogP contribution in [-0.2, 0) is 19.0 Å². The van der Waals surface area contributed by atoms with Gasteiger partial charge < -0.3 is 39.7 Å². The Morgan fingerprint density at radius 1 is 1.13 bits per heavy atom. The highest BCUT2D eigenvalue weighted by atomic mass is 16.7. The average molecular weight is 428 g/mol. The van der Waals surface area contributed by atoms with Crippen molar-refractivity contribution < 1.29 is 44.5 Å². The van der Waals surface area contributed by atoms with Gasteiger partial charge in [-0.25, -0.2) is 0 Å². The predicted molar refractivity (Wildman–Crippen MR) is 102 cm³/mol. The lowest BCUT2D eigenvalue weighted by Crippen LogP contribution is -2.60. The lowest BCUT2D eigenvalue weighted by atomic mass is 9.57.